The second-order valence-corrected chi connectivity index (χ2v) is 5.17. The van der Waals surface area contributed by atoms with E-state index in [0.29, 0.717) is 0 Å². The summed E-state index contributed by atoms with van der Waals surface area (Å²) in [4.78, 5) is 18.2. The van der Waals surface area contributed by atoms with Crippen molar-refractivity contribution in [2.45, 2.75) is 44.7 Å². The molecule has 3 N–H and O–H groups in total. The van der Waals surface area contributed by atoms with E-state index in [0.717, 1.165) is 18.3 Å². The summed E-state index contributed by atoms with van der Waals surface area (Å²) in [6.07, 6.45) is 6.88. The van der Waals surface area contributed by atoms with Crippen molar-refractivity contribution < 1.29 is 24.5 Å². The van der Waals surface area contributed by atoms with Crippen LogP contribution in [-0.4, -0.2) is 35.3 Å². The summed E-state index contributed by atoms with van der Waals surface area (Å²) in [5, 5.41) is 18.4. The van der Waals surface area contributed by atoms with Crippen LogP contribution in [0.1, 0.15) is 37.7 Å². The van der Waals surface area contributed by atoms with E-state index in [4.69, 9.17) is 24.5 Å². The third-order valence-electron chi connectivity index (χ3n) is 3.54. The van der Waals surface area contributed by atoms with Crippen molar-refractivity contribution in [3.05, 3.63) is 29.8 Å². The third kappa shape index (κ3) is 7.08. The van der Waals surface area contributed by atoms with Gasteiger partial charge in [0.25, 0.3) is 0 Å². The summed E-state index contributed by atoms with van der Waals surface area (Å²) in [5.74, 6) is -2.72. The Morgan fingerprint density at radius 2 is 1.64 bits per heavy atom. The first kappa shape index (κ1) is 18.0. The fourth-order valence-corrected chi connectivity index (χ4v) is 2.31. The Morgan fingerprint density at radius 1 is 1.09 bits per heavy atom. The van der Waals surface area contributed by atoms with Gasteiger partial charge in [-0.25, -0.2) is 9.59 Å². The highest BCUT2D eigenvalue weighted by Crippen LogP contribution is 2.18. The second kappa shape index (κ2) is 9.78. The van der Waals surface area contributed by atoms with Gasteiger partial charge in [0, 0.05) is 12.6 Å². The smallest absolute Gasteiger partial charge is 0.414 e. The first-order valence-electron chi connectivity index (χ1n) is 7.35. The second-order valence-electron chi connectivity index (χ2n) is 5.17. The summed E-state index contributed by atoms with van der Waals surface area (Å²) < 4.78 is 5.14. The zero-order valence-electron chi connectivity index (χ0n) is 12.7. The van der Waals surface area contributed by atoms with Crippen LogP contribution in [0.25, 0.3) is 0 Å². The number of ether oxygens (including phenoxy) is 1. The Morgan fingerprint density at radius 3 is 2.09 bits per heavy atom. The molecular weight excluding hydrogens is 286 g/mol. The van der Waals surface area contributed by atoms with Crippen LogP contribution in [0.3, 0.4) is 0 Å². The van der Waals surface area contributed by atoms with E-state index in [1.165, 1.54) is 37.7 Å². The molecule has 1 fully saturated rings. The molecule has 1 aromatic rings. The molecule has 0 heterocycles. The van der Waals surface area contributed by atoms with Gasteiger partial charge < -0.3 is 20.3 Å². The average molecular weight is 309 g/mol. The van der Waals surface area contributed by atoms with Gasteiger partial charge in [-0.15, -0.1) is 0 Å². The van der Waals surface area contributed by atoms with Gasteiger partial charge in [0.05, 0.1) is 7.11 Å². The molecule has 0 unspecified atom stereocenters. The Kier molecular flexibility index (Phi) is 7.99. The molecule has 0 atom stereocenters. The van der Waals surface area contributed by atoms with Crippen LogP contribution >= 0.6 is 0 Å². The maximum Gasteiger partial charge on any atom is 0.414 e. The number of benzene rings is 1. The first-order chi connectivity index (χ1) is 10.5. The predicted molar refractivity (Wildman–Crippen MR) is 82.0 cm³/mol. The first-order valence-corrected chi connectivity index (χ1v) is 7.35. The minimum absolute atomic E-state index is 0.732. The number of carboxylic acid groups (broad SMARTS) is 2. The third-order valence-corrected chi connectivity index (χ3v) is 3.54. The average Bonchev–Trinajstić information content (AvgIpc) is 2.55. The normalized spacial score (nSPS) is 14.6. The van der Waals surface area contributed by atoms with Crippen LogP contribution in [0.2, 0.25) is 0 Å². The van der Waals surface area contributed by atoms with Gasteiger partial charge in [-0.2, -0.15) is 0 Å². The van der Waals surface area contributed by atoms with E-state index in [2.05, 4.69) is 17.4 Å². The maximum absolute atomic E-state index is 9.10. The summed E-state index contributed by atoms with van der Waals surface area (Å²) in [6, 6.07) is 9.05. The Labute approximate surface area is 130 Å². The van der Waals surface area contributed by atoms with Crippen LogP contribution in [0.5, 0.6) is 5.75 Å². The highest BCUT2D eigenvalue weighted by atomic mass is 16.5. The fraction of sp³-hybridized carbons (Fsp3) is 0.500. The van der Waals surface area contributed by atoms with E-state index in [1.807, 2.05) is 12.1 Å². The van der Waals surface area contributed by atoms with Gasteiger partial charge in [0.2, 0.25) is 0 Å². The fourth-order valence-electron chi connectivity index (χ4n) is 2.31. The molecule has 22 heavy (non-hydrogen) atoms. The van der Waals surface area contributed by atoms with Crippen molar-refractivity contribution in [3.63, 3.8) is 0 Å². The van der Waals surface area contributed by atoms with E-state index >= 15 is 0 Å². The topological polar surface area (TPSA) is 95.9 Å². The molecule has 0 bridgehead atoms. The molecule has 1 aliphatic carbocycles. The van der Waals surface area contributed by atoms with Gasteiger partial charge in [-0.05, 0) is 30.5 Å². The van der Waals surface area contributed by atoms with Crippen LogP contribution in [0.4, 0.5) is 0 Å². The molecule has 0 spiro atoms. The molecule has 0 radical (unpaired) electrons. The summed E-state index contributed by atoms with van der Waals surface area (Å²) in [7, 11) is 1.70. The molecule has 1 aromatic carbocycles. The molecule has 0 aromatic heterocycles. The number of nitrogens with one attached hydrogen (secondary N) is 1. The van der Waals surface area contributed by atoms with Crippen LogP contribution in [0.15, 0.2) is 24.3 Å². The zero-order valence-corrected chi connectivity index (χ0v) is 12.7. The lowest BCUT2D eigenvalue weighted by atomic mass is 9.95. The van der Waals surface area contributed by atoms with Crippen molar-refractivity contribution in [2.24, 2.45) is 0 Å². The van der Waals surface area contributed by atoms with Crippen LogP contribution < -0.4 is 10.1 Å². The summed E-state index contributed by atoms with van der Waals surface area (Å²) >= 11 is 0. The summed E-state index contributed by atoms with van der Waals surface area (Å²) in [5.41, 5.74) is 1.34. The minimum atomic E-state index is -1.82. The van der Waals surface area contributed by atoms with Crippen molar-refractivity contribution in [2.75, 3.05) is 7.11 Å². The Balaban J connectivity index is 0.000000346. The van der Waals surface area contributed by atoms with Gasteiger partial charge in [0.15, 0.2) is 0 Å². The number of carbonyl (C=O) groups is 2. The van der Waals surface area contributed by atoms with Crippen LogP contribution in [0, 0.1) is 0 Å². The zero-order chi connectivity index (χ0) is 16.4. The lowest BCUT2D eigenvalue weighted by molar-refractivity contribution is -0.159. The molecule has 1 saturated carbocycles. The number of aliphatic carboxylic acids is 2. The van der Waals surface area contributed by atoms with E-state index in [-0.39, 0.29) is 0 Å². The molecule has 6 nitrogen and oxygen atoms in total. The number of rotatable bonds is 4. The molecule has 122 valence electrons. The molecule has 2 rings (SSSR count). The predicted octanol–water partition coefficient (Wildman–Crippen LogP) is 2.27. The molecule has 1 aliphatic rings. The van der Waals surface area contributed by atoms with Gasteiger partial charge in [0.1, 0.15) is 5.75 Å². The highest BCUT2D eigenvalue weighted by Gasteiger charge is 2.12. The number of hydrogen-bond acceptors (Lipinski definition) is 4. The Hall–Kier alpha value is -2.08. The van der Waals surface area contributed by atoms with E-state index in [9.17, 15) is 0 Å². The van der Waals surface area contributed by atoms with Crippen molar-refractivity contribution in [3.8, 4) is 5.75 Å². The summed E-state index contributed by atoms with van der Waals surface area (Å²) in [6.45, 7) is 0.981. The maximum atomic E-state index is 9.10. The highest BCUT2D eigenvalue weighted by molar-refractivity contribution is 6.27. The van der Waals surface area contributed by atoms with Gasteiger partial charge in [-0.1, -0.05) is 31.4 Å². The van der Waals surface area contributed by atoms with Crippen molar-refractivity contribution in [1.29, 1.82) is 0 Å². The largest absolute Gasteiger partial charge is 0.497 e. The van der Waals surface area contributed by atoms with E-state index < -0.39 is 11.9 Å². The molecule has 6 heteroatoms. The molecule has 0 aliphatic heterocycles. The number of methoxy groups -OCH3 is 1. The molecular formula is C16H23NO5. The quantitative estimate of drug-likeness (QED) is 0.738. The lowest BCUT2D eigenvalue weighted by Crippen LogP contribution is -2.30. The van der Waals surface area contributed by atoms with Crippen LogP contribution in [-0.2, 0) is 16.1 Å². The monoisotopic (exact) mass is 309 g/mol. The molecule has 0 amide bonds. The van der Waals surface area contributed by atoms with E-state index in [1.54, 1.807) is 7.11 Å². The standard InChI is InChI=1S/C14H21NO.C2H2O4/c1-16-14-9-7-12(8-10-14)11-15-13-5-3-2-4-6-13;3-1(4)2(5)6/h7-10,13,15H,2-6,11H2,1H3;(H,3,4)(H,5,6). The van der Waals surface area contributed by atoms with Crippen molar-refractivity contribution >= 4 is 11.9 Å². The van der Waals surface area contributed by atoms with Gasteiger partial charge >= 0.3 is 11.9 Å². The minimum Gasteiger partial charge on any atom is -0.497 e. The van der Waals surface area contributed by atoms with Crippen molar-refractivity contribution in [1.82, 2.24) is 5.32 Å². The van der Waals surface area contributed by atoms with Gasteiger partial charge in [-0.3, -0.25) is 0 Å². The SMILES string of the molecule is COc1ccc(CNC2CCCCC2)cc1.O=C(O)C(=O)O. The number of carboxylic acids is 2. The number of hydrogen-bond donors (Lipinski definition) is 3. The Bertz CT molecular complexity index is 454. The lowest BCUT2D eigenvalue weighted by Gasteiger charge is -2.22. The molecule has 0 saturated heterocycles.